The number of terminal acetylenes is 1. The zero-order valence-electron chi connectivity index (χ0n) is 19.0. The molecular weight excluding hydrogens is 450 g/mol. The number of nitrogens with one attached hydrogen (secondary N) is 1. The molecule has 0 bridgehead atoms. The second-order valence-electron chi connectivity index (χ2n) is 8.53. The Morgan fingerprint density at radius 3 is 2.94 bits per heavy atom. The van der Waals surface area contributed by atoms with Gasteiger partial charge in [-0.3, -0.25) is 9.78 Å². The van der Waals surface area contributed by atoms with Gasteiger partial charge in [-0.15, -0.1) is 12.3 Å². The first-order chi connectivity index (χ1) is 16.9. The molecule has 4 aromatic rings. The summed E-state index contributed by atoms with van der Waals surface area (Å²) in [4.78, 5) is 23.6. The molecule has 1 fully saturated rings. The summed E-state index contributed by atoms with van der Waals surface area (Å²) in [6, 6.07) is 8.75. The van der Waals surface area contributed by atoms with Crippen molar-refractivity contribution in [3.63, 3.8) is 0 Å². The maximum atomic E-state index is 14.9. The van der Waals surface area contributed by atoms with Crippen LogP contribution in [0.1, 0.15) is 40.9 Å². The maximum Gasteiger partial charge on any atom is 0.274 e. The molecular formula is C26H22F2N6O. The van der Waals surface area contributed by atoms with Crippen LogP contribution < -0.4 is 10.2 Å². The van der Waals surface area contributed by atoms with E-state index in [0.717, 1.165) is 24.1 Å². The van der Waals surface area contributed by atoms with Gasteiger partial charge in [0.15, 0.2) is 5.65 Å². The molecule has 1 aliphatic rings. The Balaban J connectivity index is 1.55. The number of halogens is 2. The van der Waals surface area contributed by atoms with Crippen molar-refractivity contribution in [3.05, 3.63) is 83.4 Å². The molecule has 0 radical (unpaired) electrons. The Morgan fingerprint density at radius 1 is 1.29 bits per heavy atom. The Labute approximate surface area is 200 Å². The van der Waals surface area contributed by atoms with E-state index in [-0.39, 0.29) is 17.9 Å². The molecule has 0 aliphatic carbocycles. The molecule has 1 aliphatic heterocycles. The lowest BCUT2D eigenvalue weighted by atomic mass is 9.83. The van der Waals surface area contributed by atoms with Gasteiger partial charge in [0.2, 0.25) is 0 Å². The van der Waals surface area contributed by atoms with E-state index in [9.17, 15) is 13.6 Å². The van der Waals surface area contributed by atoms with E-state index in [1.165, 1.54) is 16.8 Å². The molecule has 1 amide bonds. The summed E-state index contributed by atoms with van der Waals surface area (Å²) in [7, 11) is 0. The van der Waals surface area contributed by atoms with Gasteiger partial charge in [-0.2, -0.15) is 5.10 Å². The van der Waals surface area contributed by atoms with Gasteiger partial charge in [0.05, 0.1) is 11.7 Å². The molecule has 1 atom stereocenters. The van der Waals surface area contributed by atoms with E-state index >= 15 is 0 Å². The standard InChI is InChI=1S/C26H22F2N6O/c1-3-10-26(19-15-18(27)7-8-20(19)28)11-5-13-33(26)22-9-14-34-24(32-22)21(16-30-34)31-25(35)23-17(2)6-4-12-29-23/h1,4,6-9,12,14-16H,5,10-11,13H2,2H3,(H,31,35)/t26-/m1/s1. The van der Waals surface area contributed by atoms with Crippen LogP contribution in [0, 0.1) is 30.9 Å². The Bertz CT molecular complexity index is 1480. The second-order valence-corrected chi connectivity index (χ2v) is 8.53. The van der Waals surface area contributed by atoms with Crippen LogP contribution in [-0.4, -0.2) is 32.0 Å². The van der Waals surface area contributed by atoms with Crippen molar-refractivity contribution in [3.8, 4) is 12.3 Å². The molecule has 1 N–H and O–H groups in total. The average molecular weight is 472 g/mol. The first kappa shape index (κ1) is 22.5. The second kappa shape index (κ2) is 8.80. The molecule has 5 rings (SSSR count). The van der Waals surface area contributed by atoms with Gasteiger partial charge in [-0.1, -0.05) is 6.07 Å². The zero-order valence-corrected chi connectivity index (χ0v) is 19.0. The minimum Gasteiger partial charge on any atom is -0.346 e. The average Bonchev–Trinajstić information content (AvgIpc) is 3.45. The Kier molecular flexibility index (Phi) is 5.65. The van der Waals surface area contributed by atoms with Crippen molar-refractivity contribution >= 4 is 23.1 Å². The predicted octanol–water partition coefficient (Wildman–Crippen LogP) is 4.48. The molecule has 0 unspecified atom stereocenters. The lowest BCUT2D eigenvalue weighted by Gasteiger charge is -2.39. The van der Waals surface area contributed by atoms with Crippen LogP contribution in [0.15, 0.2) is 55.0 Å². The van der Waals surface area contributed by atoms with Gasteiger partial charge >= 0.3 is 0 Å². The number of aromatic nitrogens is 4. The lowest BCUT2D eigenvalue weighted by Crippen LogP contribution is -2.42. The van der Waals surface area contributed by atoms with Crippen LogP contribution in [-0.2, 0) is 5.54 Å². The van der Waals surface area contributed by atoms with Gasteiger partial charge in [-0.25, -0.2) is 18.3 Å². The Hall–Kier alpha value is -4.32. The van der Waals surface area contributed by atoms with E-state index in [2.05, 4.69) is 21.3 Å². The first-order valence-corrected chi connectivity index (χ1v) is 11.2. The first-order valence-electron chi connectivity index (χ1n) is 11.2. The predicted molar refractivity (Wildman–Crippen MR) is 128 cm³/mol. The van der Waals surface area contributed by atoms with Crippen LogP contribution in [0.3, 0.4) is 0 Å². The molecule has 176 valence electrons. The van der Waals surface area contributed by atoms with E-state index in [0.29, 0.717) is 35.8 Å². The van der Waals surface area contributed by atoms with Crippen LogP contribution in [0.4, 0.5) is 20.3 Å². The quantitative estimate of drug-likeness (QED) is 0.434. The van der Waals surface area contributed by atoms with E-state index in [4.69, 9.17) is 11.4 Å². The highest BCUT2D eigenvalue weighted by atomic mass is 19.1. The number of carbonyl (C=O) groups excluding carboxylic acids is 1. The number of hydrogen-bond donors (Lipinski definition) is 1. The number of hydrogen-bond acceptors (Lipinski definition) is 5. The molecule has 1 saturated heterocycles. The molecule has 1 aromatic carbocycles. The summed E-state index contributed by atoms with van der Waals surface area (Å²) < 4.78 is 30.6. The number of anilines is 2. The molecule has 9 heteroatoms. The number of amides is 1. The highest BCUT2D eigenvalue weighted by Gasteiger charge is 2.44. The van der Waals surface area contributed by atoms with Gasteiger partial charge < -0.3 is 10.2 Å². The largest absolute Gasteiger partial charge is 0.346 e. The summed E-state index contributed by atoms with van der Waals surface area (Å²) >= 11 is 0. The number of benzene rings is 1. The summed E-state index contributed by atoms with van der Waals surface area (Å²) in [5.74, 6) is 1.75. The summed E-state index contributed by atoms with van der Waals surface area (Å²) in [5, 5.41) is 7.10. The van der Waals surface area contributed by atoms with Crippen molar-refractivity contribution in [1.82, 2.24) is 19.6 Å². The smallest absolute Gasteiger partial charge is 0.274 e. The van der Waals surface area contributed by atoms with Crippen LogP contribution in [0.5, 0.6) is 0 Å². The Morgan fingerprint density at radius 2 is 2.14 bits per heavy atom. The third-order valence-electron chi connectivity index (χ3n) is 6.42. The van der Waals surface area contributed by atoms with Gasteiger partial charge in [0, 0.05) is 30.9 Å². The summed E-state index contributed by atoms with van der Waals surface area (Å²) in [5.41, 5.74) is 1.12. The number of pyridine rings is 1. The maximum absolute atomic E-state index is 14.9. The summed E-state index contributed by atoms with van der Waals surface area (Å²) in [6.07, 6.45) is 11.9. The van der Waals surface area contributed by atoms with E-state index < -0.39 is 17.2 Å². The topological polar surface area (TPSA) is 75.4 Å². The molecule has 0 spiro atoms. The zero-order chi connectivity index (χ0) is 24.6. The van der Waals surface area contributed by atoms with Crippen molar-refractivity contribution in [2.45, 2.75) is 31.7 Å². The van der Waals surface area contributed by atoms with Crippen molar-refractivity contribution in [1.29, 1.82) is 0 Å². The number of carbonyl (C=O) groups is 1. The fourth-order valence-electron chi connectivity index (χ4n) is 4.80. The highest BCUT2D eigenvalue weighted by Crippen LogP contribution is 2.45. The third-order valence-corrected chi connectivity index (χ3v) is 6.42. The lowest BCUT2D eigenvalue weighted by molar-refractivity contribution is 0.102. The molecule has 7 nitrogen and oxygen atoms in total. The van der Waals surface area contributed by atoms with Crippen LogP contribution in [0.2, 0.25) is 0 Å². The number of fused-ring (bicyclic) bond motifs is 1. The molecule has 4 heterocycles. The number of nitrogens with zero attached hydrogens (tertiary/aromatic N) is 5. The monoisotopic (exact) mass is 472 g/mol. The normalized spacial score (nSPS) is 17.5. The van der Waals surface area contributed by atoms with E-state index in [1.807, 2.05) is 4.90 Å². The molecule has 0 saturated carbocycles. The minimum atomic E-state index is -0.944. The number of rotatable bonds is 5. The third kappa shape index (κ3) is 3.87. The fourth-order valence-corrected chi connectivity index (χ4v) is 4.80. The fraction of sp³-hybridized carbons (Fsp3) is 0.231. The van der Waals surface area contributed by atoms with Crippen LogP contribution in [0.25, 0.3) is 5.65 Å². The van der Waals surface area contributed by atoms with E-state index in [1.54, 1.807) is 37.5 Å². The minimum absolute atomic E-state index is 0.183. The van der Waals surface area contributed by atoms with Gasteiger partial charge in [0.1, 0.15) is 28.8 Å². The van der Waals surface area contributed by atoms with Crippen molar-refractivity contribution in [2.75, 3.05) is 16.8 Å². The SMILES string of the molecule is C#CC[C@]1(c2cc(F)ccc2F)CCCN1c1ccn2ncc(NC(=O)c3ncccc3C)c2n1. The van der Waals surface area contributed by atoms with Gasteiger partial charge in [0.25, 0.3) is 5.91 Å². The van der Waals surface area contributed by atoms with Crippen LogP contribution >= 0.6 is 0 Å². The summed E-state index contributed by atoms with van der Waals surface area (Å²) in [6.45, 7) is 2.36. The molecule has 35 heavy (non-hydrogen) atoms. The van der Waals surface area contributed by atoms with Gasteiger partial charge in [-0.05, 0) is 55.7 Å². The van der Waals surface area contributed by atoms with Crippen molar-refractivity contribution in [2.24, 2.45) is 0 Å². The number of aryl methyl sites for hydroxylation is 1. The van der Waals surface area contributed by atoms with Crippen molar-refractivity contribution < 1.29 is 13.6 Å². The molecule has 3 aromatic heterocycles. The highest BCUT2D eigenvalue weighted by molar-refractivity contribution is 6.05.